The minimum absolute atomic E-state index is 0.0374. The summed E-state index contributed by atoms with van der Waals surface area (Å²) in [5.41, 5.74) is 3.19. The Morgan fingerprint density at radius 2 is 1.67 bits per heavy atom. The van der Waals surface area contributed by atoms with Gasteiger partial charge in [-0.15, -0.1) is 0 Å². The summed E-state index contributed by atoms with van der Waals surface area (Å²) in [6, 6.07) is 17.8. The first-order valence-corrected chi connectivity index (χ1v) is 9.87. The Kier molecular flexibility index (Phi) is 4.71. The Hall–Kier alpha value is -2.14. The van der Waals surface area contributed by atoms with Gasteiger partial charge in [-0.25, -0.2) is 8.42 Å². The van der Waals surface area contributed by atoms with Crippen molar-refractivity contribution in [1.82, 2.24) is 4.90 Å². The number of carbonyl (C=O) groups excluding carboxylic acids is 1. The molecule has 4 nitrogen and oxygen atoms in total. The van der Waals surface area contributed by atoms with Crippen LogP contribution >= 0.6 is 0 Å². The van der Waals surface area contributed by atoms with Gasteiger partial charge in [-0.1, -0.05) is 54.6 Å². The molecule has 0 aromatic heterocycles. The maximum Gasteiger partial charge on any atom is 0.227 e. The Morgan fingerprint density at radius 1 is 1.04 bits per heavy atom. The normalized spacial score (nSPS) is 19.1. The Labute approximate surface area is 143 Å². The number of likely N-dealkylation sites (N-methyl/N-ethyl adjacent to an activating group) is 1. The molecule has 0 aliphatic carbocycles. The van der Waals surface area contributed by atoms with Crippen LogP contribution in [0.4, 0.5) is 0 Å². The molecule has 1 unspecified atom stereocenters. The lowest BCUT2D eigenvalue weighted by Crippen LogP contribution is -2.38. The molecule has 1 fully saturated rings. The number of hydrogen-bond donors (Lipinski definition) is 0. The van der Waals surface area contributed by atoms with Crippen LogP contribution in [-0.2, 0) is 21.1 Å². The molecule has 0 radical (unpaired) electrons. The summed E-state index contributed by atoms with van der Waals surface area (Å²) in [4.78, 5) is 14.0. The summed E-state index contributed by atoms with van der Waals surface area (Å²) in [6.07, 6.45) is 0.833. The fraction of sp³-hybridized carbons (Fsp3) is 0.316. The largest absolute Gasteiger partial charge is 0.341 e. The van der Waals surface area contributed by atoms with Gasteiger partial charge in [0.15, 0.2) is 9.84 Å². The molecule has 0 bridgehead atoms. The van der Waals surface area contributed by atoms with Crippen molar-refractivity contribution in [1.29, 1.82) is 0 Å². The second-order valence-electron chi connectivity index (χ2n) is 6.30. The number of rotatable bonds is 4. The van der Waals surface area contributed by atoms with Crippen molar-refractivity contribution in [2.24, 2.45) is 0 Å². The molecule has 1 aliphatic rings. The quantitative estimate of drug-likeness (QED) is 0.857. The number of carbonyl (C=O) groups is 1. The number of amides is 1. The van der Waals surface area contributed by atoms with Gasteiger partial charge in [-0.05, 0) is 23.1 Å². The molecule has 1 atom stereocenters. The molecule has 2 aromatic carbocycles. The average molecular weight is 343 g/mol. The molecule has 0 spiro atoms. The summed E-state index contributed by atoms with van der Waals surface area (Å²) in [6.45, 7) is 0. The smallest absolute Gasteiger partial charge is 0.227 e. The van der Waals surface area contributed by atoms with Crippen LogP contribution in [0.5, 0.6) is 0 Å². The minimum Gasteiger partial charge on any atom is -0.341 e. The third-order valence-electron chi connectivity index (χ3n) is 4.57. The van der Waals surface area contributed by atoms with Crippen LogP contribution in [0.15, 0.2) is 54.6 Å². The van der Waals surface area contributed by atoms with Crippen molar-refractivity contribution >= 4 is 15.7 Å². The van der Waals surface area contributed by atoms with Gasteiger partial charge in [-0.2, -0.15) is 0 Å². The van der Waals surface area contributed by atoms with Crippen LogP contribution in [0.25, 0.3) is 11.1 Å². The van der Waals surface area contributed by atoms with Crippen molar-refractivity contribution in [3.05, 3.63) is 60.2 Å². The van der Waals surface area contributed by atoms with Crippen molar-refractivity contribution in [2.75, 3.05) is 18.6 Å². The molecule has 1 heterocycles. The van der Waals surface area contributed by atoms with Crippen LogP contribution in [0, 0.1) is 0 Å². The van der Waals surface area contributed by atoms with Gasteiger partial charge in [0.1, 0.15) is 0 Å². The van der Waals surface area contributed by atoms with E-state index in [4.69, 9.17) is 0 Å². The number of hydrogen-bond acceptors (Lipinski definition) is 3. The summed E-state index contributed by atoms with van der Waals surface area (Å²) >= 11 is 0. The van der Waals surface area contributed by atoms with E-state index in [2.05, 4.69) is 12.1 Å². The monoisotopic (exact) mass is 343 g/mol. The van der Waals surface area contributed by atoms with Crippen LogP contribution in [0.3, 0.4) is 0 Å². The number of benzene rings is 2. The molecule has 1 amide bonds. The predicted molar refractivity (Wildman–Crippen MR) is 95.4 cm³/mol. The van der Waals surface area contributed by atoms with Crippen LogP contribution in [0.1, 0.15) is 12.0 Å². The molecule has 1 saturated heterocycles. The van der Waals surface area contributed by atoms with E-state index < -0.39 is 9.84 Å². The lowest BCUT2D eigenvalue weighted by atomic mass is 10.0. The van der Waals surface area contributed by atoms with Gasteiger partial charge >= 0.3 is 0 Å². The van der Waals surface area contributed by atoms with Crippen molar-refractivity contribution < 1.29 is 13.2 Å². The third kappa shape index (κ3) is 3.85. The minimum atomic E-state index is -2.98. The summed E-state index contributed by atoms with van der Waals surface area (Å²) in [5.74, 6) is 0.230. The van der Waals surface area contributed by atoms with E-state index in [1.54, 1.807) is 11.9 Å². The van der Waals surface area contributed by atoms with Gasteiger partial charge < -0.3 is 4.90 Å². The highest BCUT2D eigenvalue weighted by atomic mass is 32.2. The highest BCUT2D eigenvalue weighted by molar-refractivity contribution is 7.91. The zero-order valence-electron chi connectivity index (χ0n) is 13.7. The highest BCUT2D eigenvalue weighted by Crippen LogP contribution is 2.21. The number of sulfone groups is 1. The van der Waals surface area contributed by atoms with Crippen LogP contribution < -0.4 is 0 Å². The summed E-state index contributed by atoms with van der Waals surface area (Å²) in [5, 5.41) is 0. The lowest BCUT2D eigenvalue weighted by Gasteiger charge is -2.23. The van der Waals surface area contributed by atoms with E-state index in [-0.39, 0.29) is 23.5 Å². The number of nitrogens with zero attached hydrogens (tertiary/aromatic N) is 1. The van der Waals surface area contributed by atoms with E-state index in [0.29, 0.717) is 12.8 Å². The third-order valence-corrected chi connectivity index (χ3v) is 6.32. The highest BCUT2D eigenvalue weighted by Gasteiger charge is 2.32. The standard InChI is InChI=1S/C19H21NO3S/c1-20(18-11-12-24(22,23)14-18)19(21)13-15-7-9-17(10-8-15)16-5-3-2-4-6-16/h2-10,18H,11-14H2,1H3. The van der Waals surface area contributed by atoms with Gasteiger partial charge in [-0.3, -0.25) is 4.79 Å². The van der Waals surface area contributed by atoms with E-state index in [1.165, 1.54) is 0 Å². The zero-order valence-corrected chi connectivity index (χ0v) is 14.5. The summed E-state index contributed by atoms with van der Waals surface area (Å²) in [7, 11) is -1.28. The van der Waals surface area contributed by atoms with E-state index >= 15 is 0 Å². The van der Waals surface area contributed by atoms with Gasteiger partial charge in [0.2, 0.25) is 5.91 Å². The van der Waals surface area contributed by atoms with Gasteiger partial charge in [0.25, 0.3) is 0 Å². The van der Waals surface area contributed by atoms with E-state index in [0.717, 1.165) is 16.7 Å². The Bertz CT molecular complexity index is 813. The second-order valence-corrected chi connectivity index (χ2v) is 8.53. The van der Waals surface area contributed by atoms with Crippen molar-refractivity contribution in [3.63, 3.8) is 0 Å². The maximum atomic E-state index is 12.4. The zero-order chi connectivity index (χ0) is 17.2. The Balaban J connectivity index is 1.64. The Morgan fingerprint density at radius 3 is 2.25 bits per heavy atom. The first kappa shape index (κ1) is 16.7. The average Bonchev–Trinajstić information content (AvgIpc) is 2.95. The molecule has 2 aromatic rings. The predicted octanol–water partition coefficient (Wildman–Crippen LogP) is 2.54. The van der Waals surface area contributed by atoms with Gasteiger partial charge in [0.05, 0.1) is 17.9 Å². The first-order chi connectivity index (χ1) is 11.4. The molecular weight excluding hydrogens is 322 g/mol. The molecule has 1 aliphatic heterocycles. The van der Waals surface area contributed by atoms with Crippen LogP contribution in [-0.4, -0.2) is 43.8 Å². The molecule has 0 saturated carbocycles. The molecule has 0 N–H and O–H groups in total. The molecule has 126 valence electrons. The van der Waals surface area contributed by atoms with Crippen molar-refractivity contribution in [2.45, 2.75) is 18.9 Å². The topological polar surface area (TPSA) is 54.5 Å². The van der Waals surface area contributed by atoms with E-state index in [1.807, 2.05) is 42.5 Å². The maximum absolute atomic E-state index is 12.4. The molecule has 3 rings (SSSR count). The van der Waals surface area contributed by atoms with Crippen molar-refractivity contribution in [3.8, 4) is 11.1 Å². The molecular formula is C19H21NO3S. The lowest BCUT2D eigenvalue weighted by molar-refractivity contribution is -0.130. The van der Waals surface area contributed by atoms with E-state index in [9.17, 15) is 13.2 Å². The molecule has 5 heteroatoms. The SMILES string of the molecule is CN(C(=O)Cc1ccc(-c2ccccc2)cc1)C1CCS(=O)(=O)C1. The first-order valence-electron chi connectivity index (χ1n) is 8.05. The second kappa shape index (κ2) is 6.77. The fourth-order valence-corrected chi connectivity index (χ4v) is 4.80. The van der Waals surface area contributed by atoms with Gasteiger partial charge in [0, 0.05) is 13.1 Å². The summed E-state index contributed by atoms with van der Waals surface area (Å²) < 4.78 is 23.1. The molecule has 24 heavy (non-hydrogen) atoms. The fourth-order valence-electron chi connectivity index (χ4n) is 3.03. The van der Waals surface area contributed by atoms with Crippen LogP contribution in [0.2, 0.25) is 0 Å².